The maximum Gasteiger partial charge on any atom is 0.151 e. The minimum atomic E-state index is -0.164. The summed E-state index contributed by atoms with van der Waals surface area (Å²) in [5, 5.41) is 8.73. The van der Waals surface area contributed by atoms with Crippen LogP contribution < -0.4 is 9.80 Å². The van der Waals surface area contributed by atoms with Crippen molar-refractivity contribution in [3.63, 3.8) is 0 Å². The summed E-state index contributed by atoms with van der Waals surface area (Å²) in [6, 6.07) is 21.0. The molecule has 126 valence electrons. The molecule has 4 rings (SSSR count). The molecule has 0 unspecified atom stereocenters. The summed E-state index contributed by atoms with van der Waals surface area (Å²) >= 11 is 0. The zero-order chi connectivity index (χ0) is 17.1. The lowest BCUT2D eigenvalue weighted by Crippen LogP contribution is -2.47. The van der Waals surface area contributed by atoms with Crippen LogP contribution in [0.1, 0.15) is 0 Å². The van der Waals surface area contributed by atoms with Crippen molar-refractivity contribution in [3.8, 4) is 11.3 Å². The van der Waals surface area contributed by atoms with Crippen molar-refractivity contribution in [1.29, 1.82) is 0 Å². The van der Waals surface area contributed by atoms with Crippen LogP contribution in [0, 0.1) is 5.82 Å². The van der Waals surface area contributed by atoms with Gasteiger partial charge in [0.15, 0.2) is 5.82 Å². The second-order valence-electron chi connectivity index (χ2n) is 6.07. The number of halogens is 1. The Bertz CT molecular complexity index is 828. The fourth-order valence-corrected chi connectivity index (χ4v) is 3.14. The maximum atomic E-state index is 13.9. The number of rotatable bonds is 3. The molecule has 4 nitrogen and oxygen atoms in total. The van der Waals surface area contributed by atoms with E-state index in [9.17, 15) is 4.39 Å². The largest absolute Gasteiger partial charge is 0.366 e. The summed E-state index contributed by atoms with van der Waals surface area (Å²) in [5.74, 6) is 0.704. The number of anilines is 2. The van der Waals surface area contributed by atoms with Crippen molar-refractivity contribution in [2.45, 2.75) is 0 Å². The Hall–Kier alpha value is -2.95. The van der Waals surface area contributed by atoms with Gasteiger partial charge in [0, 0.05) is 31.7 Å². The van der Waals surface area contributed by atoms with E-state index in [-0.39, 0.29) is 5.82 Å². The highest BCUT2D eigenvalue weighted by molar-refractivity contribution is 5.59. The Kier molecular flexibility index (Phi) is 4.29. The number of nitrogens with zero attached hydrogens (tertiary/aromatic N) is 4. The van der Waals surface area contributed by atoms with Gasteiger partial charge in [-0.25, -0.2) is 4.39 Å². The number of piperazine rings is 1. The standard InChI is InChI=1S/C20H19FN4/c21-17-8-4-5-9-19(17)24-12-14-25(15-13-24)20-11-10-18(22-23-20)16-6-2-1-3-7-16/h1-11H,12-15H2. The lowest BCUT2D eigenvalue weighted by atomic mass is 10.1. The predicted molar refractivity (Wildman–Crippen MR) is 98.3 cm³/mol. The van der Waals surface area contributed by atoms with E-state index in [4.69, 9.17) is 0 Å². The first-order valence-corrected chi connectivity index (χ1v) is 8.45. The van der Waals surface area contributed by atoms with Crippen molar-refractivity contribution < 1.29 is 4.39 Å². The van der Waals surface area contributed by atoms with E-state index in [0.29, 0.717) is 5.69 Å². The Morgan fingerprint density at radius 1 is 0.680 bits per heavy atom. The first-order valence-electron chi connectivity index (χ1n) is 8.45. The molecule has 2 heterocycles. The van der Waals surface area contributed by atoms with E-state index < -0.39 is 0 Å². The predicted octanol–water partition coefficient (Wildman–Crippen LogP) is 3.61. The summed E-state index contributed by atoms with van der Waals surface area (Å²) in [6.45, 7) is 3.13. The quantitative estimate of drug-likeness (QED) is 0.732. The second-order valence-corrected chi connectivity index (χ2v) is 6.07. The number of benzene rings is 2. The first kappa shape index (κ1) is 15.6. The minimum absolute atomic E-state index is 0.164. The van der Waals surface area contributed by atoms with Crippen LogP contribution >= 0.6 is 0 Å². The number of para-hydroxylation sites is 1. The van der Waals surface area contributed by atoms with Gasteiger partial charge in [0.2, 0.25) is 0 Å². The molecule has 0 spiro atoms. The summed E-state index contributed by atoms with van der Waals surface area (Å²) in [6.07, 6.45) is 0. The zero-order valence-corrected chi connectivity index (χ0v) is 13.8. The molecule has 1 aliphatic rings. The number of hydrogen-bond donors (Lipinski definition) is 0. The van der Waals surface area contributed by atoms with Crippen molar-refractivity contribution in [3.05, 3.63) is 72.5 Å². The fourth-order valence-electron chi connectivity index (χ4n) is 3.14. The van der Waals surface area contributed by atoms with Gasteiger partial charge >= 0.3 is 0 Å². The van der Waals surface area contributed by atoms with Gasteiger partial charge in [0.25, 0.3) is 0 Å². The van der Waals surface area contributed by atoms with Crippen LogP contribution in [0.2, 0.25) is 0 Å². The maximum absolute atomic E-state index is 13.9. The Morgan fingerprint density at radius 2 is 1.36 bits per heavy atom. The SMILES string of the molecule is Fc1ccccc1N1CCN(c2ccc(-c3ccccc3)nn2)CC1. The number of aromatic nitrogens is 2. The molecule has 25 heavy (non-hydrogen) atoms. The molecule has 0 aliphatic carbocycles. The lowest BCUT2D eigenvalue weighted by molar-refractivity contribution is 0.595. The first-order chi connectivity index (χ1) is 12.3. The lowest BCUT2D eigenvalue weighted by Gasteiger charge is -2.36. The summed E-state index contributed by atoms with van der Waals surface area (Å²) < 4.78 is 13.9. The average Bonchev–Trinajstić information content (AvgIpc) is 2.69. The highest BCUT2D eigenvalue weighted by atomic mass is 19.1. The van der Waals surface area contributed by atoms with Crippen LogP contribution in [0.3, 0.4) is 0 Å². The van der Waals surface area contributed by atoms with E-state index in [1.165, 1.54) is 6.07 Å². The van der Waals surface area contributed by atoms with E-state index in [1.807, 2.05) is 54.6 Å². The van der Waals surface area contributed by atoms with E-state index >= 15 is 0 Å². The minimum Gasteiger partial charge on any atom is -0.366 e. The Balaban J connectivity index is 1.43. The van der Waals surface area contributed by atoms with Gasteiger partial charge in [-0.05, 0) is 24.3 Å². The van der Waals surface area contributed by atoms with Crippen LogP contribution in [0.15, 0.2) is 66.7 Å². The highest BCUT2D eigenvalue weighted by Crippen LogP contribution is 2.23. The summed E-state index contributed by atoms with van der Waals surface area (Å²) in [7, 11) is 0. The van der Waals surface area contributed by atoms with Crippen LogP contribution in [-0.4, -0.2) is 36.4 Å². The molecule has 0 N–H and O–H groups in total. The third-order valence-corrected chi connectivity index (χ3v) is 4.52. The van der Waals surface area contributed by atoms with Gasteiger partial charge in [0.1, 0.15) is 5.82 Å². The summed E-state index contributed by atoms with van der Waals surface area (Å²) in [4.78, 5) is 4.27. The molecule has 0 saturated carbocycles. The second kappa shape index (κ2) is 6.89. The smallest absolute Gasteiger partial charge is 0.151 e. The van der Waals surface area contributed by atoms with Crippen LogP contribution in [-0.2, 0) is 0 Å². The van der Waals surface area contributed by atoms with Gasteiger partial charge in [-0.2, -0.15) is 0 Å². The van der Waals surface area contributed by atoms with E-state index in [0.717, 1.165) is 43.3 Å². The van der Waals surface area contributed by atoms with Crippen molar-refractivity contribution in [2.75, 3.05) is 36.0 Å². The molecule has 0 bridgehead atoms. The van der Waals surface area contributed by atoms with Gasteiger partial charge in [-0.15, -0.1) is 10.2 Å². The normalized spacial score (nSPS) is 14.6. The molecular weight excluding hydrogens is 315 g/mol. The Morgan fingerprint density at radius 3 is 2.04 bits per heavy atom. The molecule has 1 fully saturated rings. The van der Waals surface area contributed by atoms with Crippen LogP contribution in [0.25, 0.3) is 11.3 Å². The molecule has 1 aromatic heterocycles. The monoisotopic (exact) mass is 334 g/mol. The molecule has 1 saturated heterocycles. The van der Waals surface area contributed by atoms with Gasteiger partial charge in [-0.3, -0.25) is 0 Å². The zero-order valence-electron chi connectivity index (χ0n) is 13.8. The van der Waals surface area contributed by atoms with Crippen molar-refractivity contribution in [2.24, 2.45) is 0 Å². The third-order valence-electron chi connectivity index (χ3n) is 4.52. The van der Waals surface area contributed by atoms with Crippen molar-refractivity contribution in [1.82, 2.24) is 10.2 Å². The molecular formula is C20H19FN4. The van der Waals surface area contributed by atoms with Gasteiger partial charge in [0.05, 0.1) is 11.4 Å². The topological polar surface area (TPSA) is 32.3 Å². The van der Waals surface area contributed by atoms with Crippen LogP contribution in [0.5, 0.6) is 0 Å². The molecule has 2 aromatic carbocycles. The average molecular weight is 334 g/mol. The van der Waals surface area contributed by atoms with Crippen molar-refractivity contribution >= 4 is 11.5 Å². The molecule has 0 atom stereocenters. The number of hydrogen-bond acceptors (Lipinski definition) is 4. The fraction of sp³-hybridized carbons (Fsp3) is 0.200. The Labute approximate surface area is 146 Å². The highest BCUT2D eigenvalue weighted by Gasteiger charge is 2.20. The molecule has 0 radical (unpaired) electrons. The molecule has 1 aliphatic heterocycles. The van der Waals surface area contributed by atoms with E-state index in [1.54, 1.807) is 6.07 Å². The van der Waals surface area contributed by atoms with Gasteiger partial charge in [-0.1, -0.05) is 42.5 Å². The van der Waals surface area contributed by atoms with Crippen LogP contribution in [0.4, 0.5) is 15.9 Å². The molecule has 5 heteroatoms. The molecule has 0 amide bonds. The molecule has 3 aromatic rings. The van der Waals surface area contributed by atoms with Gasteiger partial charge < -0.3 is 9.80 Å². The third kappa shape index (κ3) is 3.31. The van der Waals surface area contributed by atoms with E-state index in [2.05, 4.69) is 20.0 Å². The summed E-state index contributed by atoms with van der Waals surface area (Å²) in [5.41, 5.74) is 2.60.